The highest BCUT2D eigenvalue weighted by molar-refractivity contribution is 7.18. The third-order valence-electron chi connectivity index (χ3n) is 3.28. The average Bonchev–Trinajstić information content (AvgIpc) is 2.97. The van der Waals surface area contributed by atoms with E-state index in [0.717, 1.165) is 15.2 Å². The maximum absolute atomic E-state index is 12.2. The zero-order valence-corrected chi connectivity index (χ0v) is 13.4. The van der Waals surface area contributed by atoms with E-state index in [4.69, 9.17) is 0 Å². The summed E-state index contributed by atoms with van der Waals surface area (Å²) in [5, 5.41) is 3.69. The third kappa shape index (κ3) is 4.05. The molecule has 7 heteroatoms. The fourth-order valence-electron chi connectivity index (χ4n) is 2.23. The van der Waals surface area contributed by atoms with E-state index < -0.39 is 6.61 Å². The SMILES string of the molecule is O=C(NCCc1nc2ccccc2s1)c1cccc(OC(F)F)c1. The number of ether oxygens (including phenoxy) is 1. The Balaban J connectivity index is 1.57. The molecule has 0 saturated carbocycles. The second kappa shape index (κ2) is 7.35. The number of fused-ring (bicyclic) bond motifs is 1. The van der Waals surface area contributed by atoms with Crippen molar-refractivity contribution in [2.45, 2.75) is 13.0 Å². The molecule has 24 heavy (non-hydrogen) atoms. The van der Waals surface area contributed by atoms with Gasteiger partial charge in [-0.1, -0.05) is 18.2 Å². The van der Waals surface area contributed by atoms with E-state index in [0.29, 0.717) is 13.0 Å². The van der Waals surface area contributed by atoms with Crippen LogP contribution in [0.3, 0.4) is 0 Å². The van der Waals surface area contributed by atoms with E-state index in [2.05, 4.69) is 15.0 Å². The van der Waals surface area contributed by atoms with Gasteiger partial charge in [-0.15, -0.1) is 11.3 Å². The normalized spacial score (nSPS) is 11.0. The highest BCUT2D eigenvalue weighted by Gasteiger charge is 2.10. The molecule has 0 aliphatic heterocycles. The van der Waals surface area contributed by atoms with Crippen molar-refractivity contribution in [1.82, 2.24) is 10.3 Å². The number of para-hydroxylation sites is 1. The van der Waals surface area contributed by atoms with Gasteiger partial charge in [-0.05, 0) is 30.3 Å². The van der Waals surface area contributed by atoms with Gasteiger partial charge in [0.15, 0.2) is 0 Å². The highest BCUT2D eigenvalue weighted by atomic mass is 32.1. The molecular formula is C17H14F2N2O2S. The molecule has 124 valence electrons. The molecule has 0 aliphatic carbocycles. The zero-order chi connectivity index (χ0) is 16.9. The van der Waals surface area contributed by atoms with Gasteiger partial charge in [0.05, 0.1) is 15.2 Å². The number of rotatable bonds is 6. The minimum absolute atomic E-state index is 0.0381. The Kier molecular flexibility index (Phi) is 5.00. The fourth-order valence-corrected chi connectivity index (χ4v) is 3.19. The van der Waals surface area contributed by atoms with Gasteiger partial charge in [0, 0.05) is 18.5 Å². The Hall–Kier alpha value is -2.54. The number of carbonyl (C=O) groups excluding carboxylic acids is 1. The maximum atomic E-state index is 12.2. The van der Waals surface area contributed by atoms with E-state index in [9.17, 15) is 13.6 Å². The predicted molar refractivity (Wildman–Crippen MR) is 88.7 cm³/mol. The summed E-state index contributed by atoms with van der Waals surface area (Å²) in [5.41, 5.74) is 1.22. The van der Waals surface area contributed by atoms with Gasteiger partial charge >= 0.3 is 6.61 Å². The minimum Gasteiger partial charge on any atom is -0.435 e. The number of thiazole rings is 1. The molecule has 0 spiro atoms. The molecule has 1 N–H and O–H groups in total. The molecule has 3 aromatic rings. The van der Waals surface area contributed by atoms with E-state index in [1.165, 1.54) is 18.2 Å². The molecule has 3 rings (SSSR count). The second-order valence-corrected chi connectivity index (χ2v) is 6.10. The molecular weight excluding hydrogens is 334 g/mol. The Labute approximate surface area is 141 Å². The lowest BCUT2D eigenvalue weighted by Crippen LogP contribution is -2.25. The number of nitrogens with zero attached hydrogens (tertiary/aromatic N) is 1. The molecule has 0 fully saturated rings. The number of alkyl halides is 2. The van der Waals surface area contributed by atoms with Crippen LogP contribution in [0.1, 0.15) is 15.4 Å². The van der Waals surface area contributed by atoms with Crippen LogP contribution in [0, 0.1) is 0 Å². The van der Waals surface area contributed by atoms with Gasteiger partial charge < -0.3 is 10.1 Å². The second-order valence-electron chi connectivity index (χ2n) is 4.99. The predicted octanol–water partition coefficient (Wildman–Crippen LogP) is 3.87. The molecule has 1 heterocycles. The summed E-state index contributed by atoms with van der Waals surface area (Å²) in [4.78, 5) is 16.6. The van der Waals surface area contributed by atoms with E-state index in [1.54, 1.807) is 17.4 Å². The number of benzene rings is 2. The van der Waals surface area contributed by atoms with Gasteiger partial charge in [0.2, 0.25) is 0 Å². The first kappa shape index (κ1) is 16.3. The van der Waals surface area contributed by atoms with Gasteiger partial charge in [0.25, 0.3) is 5.91 Å². The molecule has 2 aromatic carbocycles. The first-order valence-corrected chi connectivity index (χ1v) is 8.11. The molecule has 4 nitrogen and oxygen atoms in total. The topological polar surface area (TPSA) is 51.2 Å². The smallest absolute Gasteiger partial charge is 0.387 e. The number of halogens is 2. The lowest BCUT2D eigenvalue weighted by molar-refractivity contribution is -0.0498. The number of hydrogen-bond donors (Lipinski definition) is 1. The summed E-state index contributed by atoms with van der Waals surface area (Å²) in [6.45, 7) is -2.50. The summed E-state index contributed by atoms with van der Waals surface area (Å²) in [6, 6.07) is 13.6. The summed E-state index contributed by atoms with van der Waals surface area (Å²) >= 11 is 1.59. The van der Waals surface area contributed by atoms with Crippen LogP contribution < -0.4 is 10.1 Å². The number of amides is 1. The van der Waals surface area contributed by atoms with Crippen LogP contribution in [0.2, 0.25) is 0 Å². The molecule has 0 radical (unpaired) electrons. The molecule has 0 unspecified atom stereocenters. The quantitative estimate of drug-likeness (QED) is 0.736. The Bertz CT molecular complexity index is 818. The molecule has 1 amide bonds. The Morgan fingerprint density at radius 3 is 2.83 bits per heavy atom. The molecule has 1 aromatic heterocycles. The first-order valence-electron chi connectivity index (χ1n) is 7.29. The van der Waals surface area contributed by atoms with E-state index >= 15 is 0 Å². The van der Waals surface area contributed by atoms with Crippen LogP contribution in [-0.2, 0) is 6.42 Å². The number of aromatic nitrogens is 1. The van der Waals surface area contributed by atoms with Crippen molar-refractivity contribution in [3.8, 4) is 5.75 Å². The van der Waals surface area contributed by atoms with Crippen molar-refractivity contribution in [3.05, 3.63) is 59.1 Å². The minimum atomic E-state index is -2.91. The number of carbonyl (C=O) groups is 1. The summed E-state index contributed by atoms with van der Waals surface area (Å²) in [6.07, 6.45) is 0.609. The zero-order valence-electron chi connectivity index (χ0n) is 12.5. The van der Waals surface area contributed by atoms with Gasteiger partial charge in [-0.3, -0.25) is 4.79 Å². The highest BCUT2D eigenvalue weighted by Crippen LogP contribution is 2.21. The lowest BCUT2D eigenvalue weighted by Gasteiger charge is -2.07. The molecule has 0 saturated heterocycles. The first-order chi connectivity index (χ1) is 11.6. The van der Waals surface area contributed by atoms with Crippen molar-refractivity contribution in [1.29, 1.82) is 0 Å². The van der Waals surface area contributed by atoms with Crippen LogP contribution in [0.5, 0.6) is 5.75 Å². The van der Waals surface area contributed by atoms with Crippen molar-refractivity contribution >= 4 is 27.5 Å². The lowest BCUT2D eigenvalue weighted by atomic mass is 10.2. The number of hydrogen-bond acceptors (Lipinski definition) is 4. The number of nitrogens with one attached hydrogen (secondary N) is 1. The van der Waals surface area contributed by atoms with Crippen molar-refractivity contribution in [3.63, 3.8) is 0 Å². The van der Waals surface area contributed by atoms with Crippen LogP contribution >= 0.6 is 11.3 Å². The van der Waals surface area contributed by atoms with Gasteiger partial charge in [-0.25, -0.2) is 4.98 Å². The van der Waals surface area contributed by atoms with Crippen LogP contribution in [0.4, 0.5) is 8.78 Å². The van der Waals surface area contributed by atoms with E-state index in [1.807, 2.05) is 24.3 Å². The van der Waals surface area contributed by atoms with Gasteiger partial charge in [0.1, 0.15) is 5.75 Å². The van der Waals surface area contributed by atoms with Gasteiger partial charge in [-0.2, -0.15) is 8.78 Å². The van der Waals surface area contributed by atoms with Crippen molar-refractivity contribution < 1.29 is 18.3 Å². The summed E-state index contributed by atoms with van der Waals surface area (Å²) in [7, 11) is 0. The summed E-state index contributed by atoms with van der Waals surface area (Å²) in [5.74, 6) is -0.375. The maximum Gasteiger partial charge on any atom is 0.387 e. The standard InChI is InChI=1S/C17H14F2N2O2S/c18-17(19)23-12-5-3-4-11(10-12)16(22)20-9-8-15-21-13-6-1-2-7-14(13)24-15/h1-7,10,17H,8-9H2,(H,20,22). The molecule has 0 aliphatic rings. The average molecular weight is 348 g/mol. The fraction of sp³-hybridized carbons (Fsp3) is 0.176. The van der Waals surface area contributed by atoms with Crippen molar-refractivity contribution in [2.24, 2.45) is 0 Å². The molecule has 0 bridgehead atoms. The van der Waals surface area contributed by atoms with Crippen LogP contribution in [0.15, 0.2) is 48.5 Å². The third-order valence-corrected chi connectivity index (χ3v) is 4.38. The molecule has 0 atom stereocenters. The Morgan fingerprint density at radius 2 is 2.04 bits per heavy atom. The largest absolute Gasteiger partial charge is 0.435 e. The van der Waals surface area contributed by atoms with Crippen LogP contribution in [0.25, 0.3) is 10.2 Å². The van der Waals surface area contributed by atoms with Crippen LogP contribution in [-0.4, -0.2) is 24.0 Å². The monoisotopic (exact) mass is 348 g/mol. The Morgan fingerprint density at radius 1 is 1.21 bits per heavy atom. The van der Waals surface area contributed by atoms with Crippen molar-refractivity contribution in [2.75, 3.05) is 6.54 Å². The van der Waals surface area contributed by atoms with E-state index in [-0.39, 0.29) is 17.2 Å². The summed E-state index contributed by atoms with van der Waals surface area (Å²) < 4.78 is 29.8.